The van der Waals surface area contributed by atoms with E-state index in [1.807, 2.05) is 24.3 Å². The molecule has 6 nitrogen and oxygen atoms in total. The highest BCUT2D eigenvalue weighted by atomic mass is 35.5. The van der Waals surface area contributed by atoms with Crippen molar-refractivity contribution in [2.24, 2.45) is 11.8 Å². The molecule has 3 aromatic rings. The molecular formula is C40H55Cl2N3O3. The molecular weight excluding hydrogens is 641 g/mol. The van der Waals surface area contributed by atoms with E-state index in [1.54, 1.807) is 14.2 Å². The average molecular weight is 697 g/mol. The molecule has 6 rings (SSSR count). The van der Waals surface area contributed by atoms with Gasteiger partial charge in [-0.15, -0.1) is 0 Å². The molecule has 2 aliphatic carbocycles. The molecule has 1 aliphatic heterocycles. The Kier molecular flexibility index (Phi) is 14.2. The number of nitrogens with zero attached hydrogens (tertiary/aromatic N) is 3. The van der Waals surface area contributed by atoms with E-state index in [-0.39, 0.29) is 5.75 Å². The van der Waals surface area contributed by atoms with Gasteiger partial charge in [-0.1, -0.05) is 104 Å². The zero-order chi connectivity index (χ0) is 33.9. The normalized spacial score (nSPS) is 20.8. The van der Waals surface area contributed by atoms with Gasteiger partial charge in [0.15, 0.2) is 11.5 Å². The number of benzene rings is 3. The Hall–Kier alpha value is -2.48. The lowest BCUT2D eigenvalue weighted by molar-refractivity contribution is 0.0916. The van der Waals surface area contributed by atoms with Gasteiger partial charge < -0.3 is 19.5 Å². The van der Waals surface area contributed by atoms with Gasteiger partial charge in [0.2, 0.25) is 5.75 Å². The highest BCUT2D eigenvalue weighted by Crippen LogP contribution is 2.41. The van der Waals surface area contributed by atoms with Gasteiger partial charge in [-0.25, -0.2) is 0 Å². The van der Waals surface area contributed by atoms with Crippen LogP contribution >= 0.6 is 23.2 Å². The predicted molar refractivity (Wildman–Crippen MR) is 199 cm³/mol. The van der Waals surface area contributed by atoms with E-state index < -0.39 is 0 Å². The topological polar surface area (TPSA) is 48.4 Å². The zero-order valence-corrected chi connectivity index (χ0v) is 30.7. The zero-order valence-electron chi connectivity index (χ0n) is 29.2. The lowest BCUT2D eigenvalue weighted by Gasteiger charge is -2.41. The molecule has 262 valence electrons. The van der Waals surface area contributed by atoms with Crippen LogP contribution < -0.4 is 9.47 Å². The lowest BCUT2D eigenvalue weighted by atomic mass is 9.75. The Bertz CT molecular complexity index is 1410. The van der Waals surface area contributed by atoms with Crippen molar-refractivity contribution in [3.8, 4) is 17.2 Å². The predicted octanol–water partition coefficient (Wildman–Crippen LogP) is 8.94. The lowest BCUT2D eigenvalue weighted by Crippen LogP contribution is -2.45. The molecule has 0 amide bonds. The Morgan fingerprint density at radius 2 is 1.42 bits per heavy atom. The van der Waals surface area contributed by atoms with Crippen molar-refractivity contribution >= 4 is 23.2 Å². The van der Waals surface area contributed by atoms with Crippen LogP contribution in [-0.4, -0.2) is 79.8 Å². The van der Waals surface area contributed by atoms with Gasteiger partial charge in [-0.3, -0.25) is 9.80 Å². The first-order valence-electron chi connectivity index (χ1n) is 17.9. The first-order valence-corrected chi connectivity index (χ1v) is 18.7. The van der Waals surface area contributed by atoms with E-state index in [0.29, 0.717) is 28.1 Å². The van der Waals surface area contributed by atoms with Crippen LogP contribution in [0.3, 0.4) is 0 Å². The summed E-state index contributed by atoms with van der Waals surface area (Å²) in [5, 5.41) is 11.8. The van der Waals surface area contributed by atoms with E-state index in [2.05, 4.69) is 58.1 Å². The first-order chi connectivity index (χ1) is 23.4. The Balaban J connectivity index is 0.000000188. The van der Waals surface area contributed by atoms with Crippen LogP contribution in [0.15, 0.2) is 60.7 Å². The van der Waals surface area contributed by atoms with Crippen LogP contribution in [-0.2, 0) is 19.5 Å². The third-order valence-electron chi connectivity index (χ3n) is 10.8. The highest BCUT2D eigenvalue weighted by molar-refractivity contribution is 6.42. The highest BCUT2D eigenvalue weighted by Gasteiger charge is 2.35. The van der Waals surface area contributed by atoms with Crippen molar-refractivity contribution in [3.63, 3.8) is 0 Å². The van der Waals surface area contributed by atoms with Gasteiger partial charge in [0, 0.05) is 57.4 Å². The summed E-state index contributed by atoms with van der Waals surface area (Å²) in [4.78, 5) is 7.47. The first kappa shape index (κ1) is 36.8. The molecule has 0 spiro atoms. The second-order valence-corrected chi connectivity index (χ2v) is 14.7. The van der Waals surface area contributed by atoms with Gasteiger partial charge in [0.1, 0.15) is 0 Å². The Morgan fingerprint density at radius 3 is 2.08 bits per heavy atom. The van der Waals surface area contributed by atoms with Crippen molar-refractivity contribution in [2.45, 2.75) is 76.9 Å². The summed E-state index contributed by atoms with van der Waals surface area (Å²) in [5.74, 6) is 3.06. The SMILES string of the molecule is CN(CCc1ccc(Cl)c(Cl)c1)C1CCCCC1C1CCCC1.COc1ccc(CN2CCN(Cc3ccccc3)CC2)c(O)c1OC. The molecule has 1 saturated heterocycles. The van der Waals surface area contributed by atoms with Gasteiger partial charge >= 0.3 is 0 Å². The van der Waals surface area contributed by atoms with E-state index >= 15 is 0 Å². The second-order valence-electron chi connectivity index (χ2n) is 13.9. The van der Waals surface area contributed by atoms with E-state index in [0.717, 1.165) is 69.1 Å². The molecule has 3 aliphatic rings. The number of phenolic OH excluding ortho intramolecular Hbond substituents is 1. The number of phenols is 1. The summed E-state index contributed by atoms with van der Waals surface area (Å²) in [5.41, 5.74) is 3.52. The number of ether oxygens (including phenoxy) is 2. The molecule has 2 saturated carbocycles. The van der Waals surface area contributed by atoms with Crippen molar-refractivity contribution < 1.29 is 14.6 Å². The van der Waals surface area contributed by atoms with Crippen molar-refractivity contribution in [3.05, 3.63) is 87.4 Å². The number of hydrogen-bond acceptors (Lipinski definition) is 6. The maximum Gasteiger partial charge on any atom is 0.203 e. The average Bonchev–Trinajstić information content (AvgIpc) is 3.66. The number of likely N-dealkylation sites (N-methyl/N-ethyl adjacent to an activating group) is 1. The van der Waals surface area contributed by atoms with Crippen LogP contribution in [0.1, 0.15) is 68.1 Å². The fourth-order valence-electron chi connectivity index (χ4n) is 8.06. The molecule has 0 radical (unpaired) electrons. The summed E-state index contributed by atoms with van der Waals surface area (Å²) in [6.07, 6.45) is 12.6. The molecule has 48 heavy (non-hydrogen) atoms. The molecule has 3 fully saturated rings. The molecule has 2 atom stereocenters. The van der Waals surface area contributed by atoms with Gasteiger partial charge in [0.25, 0.3) is 0 Å². The smallest absolute Gasteiger partial charge is 0.203 e. The van der Waals surface area contributed by atoms with Crippen LogP contribution in [0, 0.1) is 11.8 Å². The summed E-state index contributed by atoms with van der Waals surface area (Å²) >= 11 is 12.2. The van der Waals surface area contributed by atoms with Crippen LogP contribution in [0.5, 0.6) is 17.2 Å². The number of hydrogen-bond donors (Lipinski definition) is 1. The third-order valence-corrected chi connectivity index (χ3v) is 11.5. The third kappa shape index (κ3) is 10.0. The summed E-state index contributed by atoms with van der Waals surface area (Å²) in [7, 11) is 5.45. The Morgan fingerprint density at radius 1 is 0.750 bits per heavy atom. The maximum atomic E-state index is 10.4. The molecule has 1 N–H and O–H groups in total. The quantitative estimate of drug-likeness (QED) is 0.216. The fraction of sp³-hybridized carbons (Fsp3) is 0.550. The summed E-state index contributed by atoms with van der Waals surface area (Å²) in [6, 6.07) is 21.2. The van der Waals surface area contributed by atoms with E-state index in [9.17, 15) is 5.11 Å². The van der Waals surface area contributed by atoms with Crippen molar-refractivity contribution in [2.75, 3.05) is 54.0 Å². The molecule has 8 heteroatoms. The molecule has 2 unspecified atom stereocenters. The standard InChI is InChI=1S/C20H29Cl2N.C20H26N2O3/c1-23(13-12-15-10-11-18(21)19(22)14-15)20-9-5-4-8-17(20)16-6-2-3-7-16;1-24-18-9-8-17(19(23)20(18)25-2)15-22-12-10-21(11-13-22)14-16-6-4-3-5-7-16/h10-11,14,16-17,20H,2-9,12-13H2,1H3;3-9,23H,10-15H2,1-2H3. The number of rotatable bonds is 11. The number of aromatic hydroxyl groups is 1. The second kappa shape index (κ2) is 18.5. The van der Waals surface area contributed by atoms with Gasteiger partial charge in [-0.2, -0.15) is 0 Å². The van der Waals surface area contributed by atoms with Crippen molar-refractivity contribution in [1.82, 2.24) is 14.7 Å². The molecule has 0 bridgehead atoms. The van der Waals surface area contributed by atoms with E-state index in [4.69, 9.17) is 32.7 Å². The molecule has 0 aromatic heterocycles. The van der Waals surface area contributed by atoms with Crippen LogP contribution in [0.2, 0.25) is 10.0 Å². The van der Waals surface area contributed by atoms with Crippen LogP contribution in [0.4, 0.5) is 0 Å². The fourth-order valence-corrected chi connectivity index (χ4v) is 8.38. The van der Waals surface area contributed by atoms with Crippen molar-refractivity contribution in [1.29, 1.82) is 0 Å². The number of piperazine rings is 1. The summed E-state index contributed by atoms with van der Waals surface area (Å²) in [6.45, 7) is 6.86. The van der Waals surface area contributed by atoms with Gasteiger partial charge in [-0.05, 0) is 67.5 Å². The summed E-state index contributed by atoms with van der Waals surface area (Å²) < 4.78 is 10.5. The number of methoxy groups -OCH3 is 2. The maximum absolute atomic E-state index is 10.4. The molecule has 1 heterocycles. The minimum Gasteiger partial charge on any atom is -0.504 e. The van der Waals surface area contributed by atoms with Gasteiger partial charge in [0.05, 0.1) is 24.3 Å². The minimum atomic E-state index is 0.175. The van der Waals surface area contributed by atoms with E-state index in [1.165, 1.54) is 62.5 Å². The minimum absolute atomic E-state index is 0.175. The number of halogens is 2. The molecule has 3 aromatic carbocycles. The Labute approximate surface area is 298 Å². The van der Waals surface area contributed by atoms with Crippen LogP contribution in [0.25, 0.3) is 0 Å². The monoisotopic (exact) mass is 695 g/mol. The largest absolute Gasteiger partial charge is 0.504 e.